The van der Waals surface area contributed by atoms with E-state index in [9.17, 15) is 0 Å². The molecule has 1 unspecified atom stereocenters. The van der Waals surface area contributed by atoms with E-state index in [0.717, 1.165) is 25.6 Å². The van der Waals surface area contributed by atoms with Crippen molar-refractivity contribution in [2.45, 2.75) is 66.0 Å². The molecule has 1 atom stereocenters. The highest BCUT2D eigenvalue weighted by Crippen LogP contribution is 2.02. The Hall–Kier alpha value is -0.790. The molecule has 0 aliphatic rings. The highest BCUT2D eigenvalue weighted by molar-refractivity contribution is 14.0. The van der Waals surface area contributed by atoms with Gasteiger partial charge in [-0.3, -0.25) is 9.67 Å². The summed E-state index contributed by atoms with van der Waals surface area (Å²) in [4.78, 5) is 4.62. The summed E-state index contributed by atoms with van der Waals surface area (Å²) >= 11 is 0. The molecule has 0 saturated carbocycles. The first-order valence-corrected chi connectivity index (χ1v) is 8.19. The van der Waals surface area contributed by atoms with Gasteiger partial charge in [-0.15, -0.1) is 24.0 Å². The number of aliphatic imine (C=N–C) groups is 1. The SMILES string of the molecule is CCCCCC(C)NC(=NCCn1cc(C)cn1)NCC.I. The Labute approximate surface area is 152 Å². The lowest BCUT2D eigenvalue weighted by Crippen LogP contribution is -2.42. The molecule has 0 saturated heterocycles. The standard InChI is InChI=1S/C16H31N5.HI/c1-5-7-8-9-15(4)20-16(17-6-2)18-10-11-21-13-14(3)12-19-21;/h12-13,15H,5-11H2,1-4H3,(H2,17,18,20);1H. The lowest BCUT2D eigenvalue weighted by atomic mass is 10.1. The number of hydrogen-bond acceptors (Lipinski definition) is 2. The third-order valence-electron chi connectivity index (χ3n) is 3.33. The van der Waals surface area contributed by atoms with Crippen LogP contribution in [0.2, 0.25) is 0 Å². The summed E-state index contributed by atoms with van der Waals surface area (Å²) in [6.45, 7) is 11.0. The van der Waals surface area contributed by atoms with Crippen molar-refractivity contribution in [3.05, 3.63) is 18.0 Å². The highest BCUT2D eigenvalue weighted by atomic mass is 127. The van der Waals surface area contributed by atoms with Crippen molar-refractivity contribution in [1.29, 1.82) is 0 Å². The first-order valence-electron chi connectivity index (χ1n) is 8.19. The number of hydrogen-bond donors (Lipinski definition) is 2. The van der Waals surface area contributed by atoms with Gasteiger partial charge in [0.25, 0.3) is 0 Å². The summed E-state index contributed by atoms with van der Waals surface area (Å²) in [5, 5.41) is 11.1. The van der Waals surface area contributed by atoms with E-state index < -0.39 is 0 Å². The molecule has 0 amide bonds. The zero-order valence-electron chi connectivity index (χ0n) is 14.4. The lowest BCUT2D eigenvalue weighted by Gasteiger charge is -2.17. The quantitative estimate of drug-likeness (QED) is 0.278. The van der Waals surface area contributed by atoms with Crippen LogP contribution in [0.15, 0.2) is 17.4 Å². The predicted molar refractivity (Wildman–Crippen MR) is 105 cm³/mol. The fourth-order valence-electron chi connectivity index (χ4n) is 2.18. The monoisotopic (exact) mass is 421 g/mol. The molecule has 0 spiro atoms. The van der Waals surface area contributed by atoms with Crippen molar-refractivity contribution < 1.29 is 0 Å². The number of nitrogens with one attached hydrogen (secondary N) is 2. The normalized spacial score (nSPS) is 12.6. The van der Waals surface area contributed by atoms with Gasteiger partial charge in [0.2, 0.25) is 0 Å². The van der Waals surface area contributed by atoms with E-state index in [1.54, 1.807) is 0 Å². The molecule has 0 bridgehead atoms. The first-order chi connectivity index (χ1) is 10.2. The summed E-state index contributed by atoms with van der Waals surface area (Å²) in [7, 11) is 0. The van der Waals surface area contributed by atoms with Crippen LogP contribution in [-0.4, -0.2) is 34.9 Å². The van der Waals surface area contributed by atoms with Crippen molar-refractivity contribution in [2.24, 2.45) is 4.99 Å². The average Bonchev–Trinajstić information content (AvgIpc) is 2.85. The van der Waals surface area contributed by atoms with Crippen LogP contribution < -0.4 is 10.6 Å². The van der Waals surface area contributed by atoms with Crippen LogP contribution in [0, 0.1) is 6.92 Å². The van der Waals surface area contributed by atoms with Gasteiger partial charge in [0.1, 0.15) is 0 Å². The molecule has 1 heterocycles. The van der Waals surface area contributed by atoms with Gasteiger partial charge in [0, 0.05) is 18.8 Å². The topological polar surface area (TPSA) is 54.2 Å². The van der Waals surface area contributed by atoms with E-state index in [1.807, 2.05) is 17.1 Å². The van der Waals surface area contributed by atoms with Crippen molar-refractivity contribution >= 4 is 29.9 Å². The maximum absolute atomic E-state index is 4.62. The van der Waals surface area contributed by atoms with Crippen molar-refractivity contribution in [1.82, 2.24) is 20.4 Å². The number of rotatable bonds is 9. The second-order valence-corrected chi connectivity index (χ2v) is 5.58. The highest BCUT2D eigenvalue weighted by Gasteiger charge is 2.04. The largest absolute Gasteiger partial charge is 0.357 e. The second kappa shape index (κ2) is 12.7. The fourth-order valence-corrected chi connectivity index (χ4v) is 2.18. The molecule has 2 N–H and O–H groups in total. The molecular formula is C16H32IN5. The van der Waals surface area contributed by atoms with Crippen molar-refractivity contribution in [3.8, 4) is 0 Å². The van der Waals surface area contributed by atoms with Crippen LogP contribution in [-0.2, 0) is 6.54 Å². The summed E-state index contributed by atoms with van der Waals surface area (Å²) in [6, 6.07) is 0.460. The molecule has 6 heteroatoms. The summed E-state index contributed by atoms with van der Waals surface area (Å²) in [6.07, 6.45) is 8.96. The van der Waals surface area contributed by atoms with Gasteiger partial charge in [-0.25, -0.2) is 0 Å². The zero-order valence-corrected chi connectivity index (χ0v) is 16.8. The van der Waals surface area contributed by atoms with Crippen LogP contribution in [0.25, 0.3) is 0 Å². The second-order valence-electron chi connectivity index (χ2n) is 5.58. The lowest BCUT2D eigenvalue weighted by molar-refractivity contribution is 0.545. The molecule has 1 aromatic rings. The summed E-state index contributed by atoms with van der Waals surface area (Å²) in [5.74, 6) is 0.908. The molecule has 0 aromatic carbocycles. The Morgan fingerprint density at radius 3 is 2.73 bits per heavy atom. The van der Waals surface area contributed by atoms with E-state index in [2.05, 4.69) is 48.4 Å². The van der Waals surface area contributed by atoms with Gasteiger partial charge in [0.15, 0.2) is 5.96 Å². The van der Waals surface area contributed by atoms with Gasteiger partial charge >= 0.3 is 0 Å². The fraction of sp³-hybridized carbons (Fsp3) is 0.750. The molecule has 0 aliphatic heterocycles. The molecule has 0 aliphatic carbocycles. The molecule has 1 rings (SSSR count). The van der Waals surface area contributed by atoms with Crippen molar-refractivity contribution in [3.63, 3.8) is 0 Å². The number of unbranched alkanes of at least 4 members (excludes halogenated alkanes) is 2. The van der Waals surface area contributed by atoms with Crippen molar-refractivity contribution in [2.75, 3.05) is 13.1 Å². The smallest absolute Gasteiger partial charge is 0.191 e. The van der Waals surface area contributed by atoms with E-state index in [0.29, 0.717) is 6.04 Å². The molecule has 1 aromatic heterocycles. The number of nitrogens with zero attached hydrogens (tertiary/aromatic N) is 3. The minimum Gasteiger partial charge on any atom is -0.357 e. The van der Waals surface area contributed by atoms with Crippen LogP contribution in [0.4, 0.5) is 0 Å². The van der Waals surface area contributed by atoms with Gasteiger partial charge in [-0.1, -0.05) is 26.2 Å². The Kier molecular flexibility index (Phi) is 12.3. The molecule has 5 nitrogen and oxygen atoms in total. The number of aromatic nitrogens is 2. The van der Waals surface area contributed by atoms with Gasteiger partial charge in [-0.05, 0) is 32.8 Å². The van der Waals surface area contributed by atoms with Gasteiger partial charge in [0.05, 0.1) is 19.3 Å². The van der Waals surface area contributed by atoms with Gasteiger partial charge in [-0.2, -0.15) is 5.10 Å². The maximum Gasteiger partial charge on any atom is 0.191 e. The van der Waals surface area contributed by atoms with Crippen LogP contribution in [0.3, 0.4) is 0 Å². The molecule has 22 heavy (non-hydrogen) atoms. The Bertz CT molecular complexity index is 416. The summed E-state index contributed by atoms with van der Waals surface area (Å²) < 4.78 is 1.94. The van der Waals surface area contributed by atoms with Crippen LogP contribution in [0.5, 0.6) is 0 Å². The molecule has 128 valence electrons. The molecule has 0 fully saturated rings. The summed E-state index contributed by atoms with van der Waals surface area (Å²) in [5.41, 5.74) is 1.19. The molecular weight excluding hydrogens is 389 g/mol. The van der Waals surface area contributed by atoms with E-state index in [-0.39, 0.29) is 24.0 Å². The number of aryl methyl sites for hydroxylation is 1. The Morgan fingerprint density at radius 2 is 2.14 bits per heavy atom. The van der Waals surface area contributed by atoms with Crippen LogP contribution >= 0.6 is 24.0 Å². The zero-order chi connectivity index (χ0) is 15.5. The number of halogens is 1. The average molecular weight is 421 g/mol. The van der Waals surface area contributed by atoms with Crippen LogP contribution in [0.1, 0.15) is 52.0 Å². The Morgan fingerprint density at radius 1 is 1.36 bits per heavy atom. The predicted octanol–water partition coefficient (Wildman–Crippen LogP) is 3.33. The van der Waals surface area contributed by atoms with E-state index in [1.165, 1.54) is 31.2 Å². The Balaban J connectivity index is 0.00000441. The van der Waals surface area contributed by atoms with Gasteiger partial charge < -0.3 is 10.6 Å². The van der Waals surface area contributed by atoms with E-state index in [4.69, 9.17) is 0 Å². The number of guanidine groups is 1. The third kappa shape index (κ3) is 9.27. The van der Waals surface area contributed by atoms with E-state index >= 15 is 0 Å². The molecule has 0 radical (unpaired) electrons. The minimum absolute atomic E-state index is 0. The third-order valence-corrected chi connectivity index (χ3v) is 3.33. The first kappa shape index (κ1) is 21.2. The minimum atomic E-state index is 0. The maximum atomic E-state index is 4.62.